The van der Waals surface area contributed by atoms with Crippen molar-refractivity contribution in [3.8, 4) is 11.8 Å². The molecule has 0 bridgehead atoms. The number of nitriles is 1. The highest BCUT2D eigenvalue weighted by atomic mass is 32.2. The Hall–Kier alpha value is -2.30. The lowest BCUT2D eigenvalue weighted by Gasteiger charge is -2.07. The molecule has 0 fully saturated rings. The maximum Gasteiger partial charge on any atom is 0.272 e. The molecule has 0 atom stereocenters. The fraction of sp³-hybridized carbons (Fsp3) is 0.133. The molecule has 114 valence electrons. The van der Waals surface area contributed by atoms with Crippen molar-refractivity contribution >= 4 is 33.1 Å². The second kappa shape index (κ2) is 6.64. The van der Waals surface area contributed by atoms with Crippen LogP contribution in [0.3, 0.4) is 0 Å². The monoisotopic (exact) mass is 334 g/mol. The minimum atomic E-state index is -3.92. The van der Waals surface area contributed by atoms with Crippen LogP contribution in [-0.4, -0.2) is 15.5 Å². The summed E-state index contributed by atoms with van der Waals surface area (Å²) >= 11 is 1.38. The molecule has 1 aromatic carbocycles. The minimum Gasteiger partial charge on any atom is -0.497 e. The third kappa shape index (κ3) is 3.67. The van der Waals surface area contributed by atoms with Gasteiger partial charge in [-0.3, -0.25) is 4.72 Å². The van der Waals surface area contributed by atoms with Gasteiger partial charge in [0.15, 0.2) is 4.91 Å². The Balaban J connectivity index is 2.29. The molecule has 0 spiro atoms. The number of aryl methyl sites for hydroxylation is 1. The number of ether oxygens (including phenoxy) is 1. The van der Waals surface area contributed by atoms with Gasteiger partial charge in [-0.1, -0.05) is 0 Å². The number of sulfonamides is 1. The Morgan fingerprint density at radius 3 is 2.50 bits per heavy atom. The first-order chi connectivity index (χ1) is 10.5. The first-order valence-corrected chi connectivity index (χ1v) is 8.65. The maximum absolute atomic E-state index is 12.3. The average Bonchev–Trinajstić information content (AvgIpc) is 2.90. The molecule has 0 aliphatic rings. The van der Waals surface area contributed by atoms with Crippen molar-refractivity contribution in [1.82, 2.24) is 0 Å². The summed E-state index contributed by atoms with van der Waals surface area (Å²) in [5.74, 6) is 0.619. The van der Waals surface area contributed by atoms with Crippen LogP contribution in [0.5, 0.6) is 5.75 Å². The van der Waals surface area contributed by atoms with Crippen molar-refractivity contribution in [2.75, 3.05) is 11.8 Å². The number of thiophene rings is 1. The lowest BCUT2D eigenvalue weighted by atomic mass is 10.3. The first kappa shape index (κ1) is 16.1. The van der Waals surface area contributed by atoms with E-state index in [9.17, 15) is 8.42 Å². The van der Waals surface area contributed by atoms with Gasteiger partial charge in [0.2, 0.25) is 0 Å². The second-order valence-corrected chi connectivity index (χ2v) is 7.02. The Labute approximate surface area is 133 Å². The van der Waals surface area contributed by atoms with Gasteiger partial charge in [-0.2, -0.15) is 5.26 Å². The summed E-state index contributed by atoms with van der Waals surface area (Å²) in [5.41, 5.74) is 1.29. The van der Waals surface area contributed by atoms with Crippen LogP contribution in [0.4, 0.5) is 5.69 Å². The summed E-state index contributed by atoms with van der Waals surface area (Å²) in [6, 6.07) is 10.0. The number of benzene rings is 1. The molecule has 7 heteroatoms. The molecule has 0 aliphatic carbocycles. The van der Waals surface area contributed by atoms with Crippen molar-refractivity contribution in [2.24, 2.45) is 0 Å². The Bertz CT molecular complexity index is 828. The standard InChI is InChI=1S/C15H14N2O3S2/c1-11-7-8-21-15(11)9-14(10-16)22(18,19)17-12-3-5-13(20-2)6-4-12/h3-9,17H,1-2H3/b14-9+. The van der Waals surface area contributed by atoms with Crippen molar-refractivity contribution in [3.63, 3.8) is 0 Å². The molecule has 0 aliphatic heterocycles. The van der Waals surface area contributed by atoms with Crippen LogP contribution in [0, 0.1) is 18.3 Å². The number of anilines is 1. The van der Waals surface area contributed by atoms with E-state index in [0.717, 1.165) is 10.4 Å². The van der Waals surface area contributed by atoms with Crippen molar-refractivity contribution < 1.29 is 13.2 Å². The quantitative estimate of drug-likeness (QED) is 0.850. The fourth-order valence-electron chi connectivity index (χ4n) is 1.69. The zero-order valence-electron chi connectivity index (χ0n) is 12.0. The van der Waals surface area contributed by atoms with Crippen LogP contribution in [0.25, 0.3) is 6.08 Å². The third-order valence-electron chi connectivity index (χ3n) is 2.91. The third-order valence-corrected chi connectivity index (χ3v) is 5.16. The topological polar surface area (TPSA) is 79.2 Å². The molecule has 0 saturated carbocycles. The first-order valence-electron chi connectivity index (χ1n) is 6.29. The van der Waals surface area contributed by atoms with Gasteiger partial charge in [0, 0.05) is 10.6 Å². The number of allylic oxidation sites excluding steroid dienone is 1. The molecule has 5 nitrogen and oxygen atoms in total. The van der Waals surface area contributed by atoms with E-state index in [-0.39, 0.29) is 4.91 Å². The highest BCUT2D eigenvalue weighted by molar-refractivity contribution is 7.97. The van der Waals surface area contributed by atoms with Gasteiger partial charge in [0.1, 0.15) is 11.8 Å². The summed E-state index contributed by atoms with van der Waals surface area (Å²) in [5, 5.41) is 11.0. The van der Waals surface area contributed by atoms with E-state index >= 15 is 0 Å². The maximum atomic E-state index is 12.3. The molecule has 2 aromatic rings. The highest BCUT2D eigenvalue weighted by Crippen LogP contribution is 2.23. The smallest absolute Gasteiger partial charge is 0.272 e. The zero-order chi connectivity index (χ0) is 16.2. The van der Waals surface area contributed by atoms with E-state index in [4.69, 9.17) is 10.00 Å². The molecule has 2 rings (SSSR count). The predicted octanol–water partition coefficient (Wildman–Crippen LogP) is 3.37. The normalized spacial score (nSPS) is 11.8. The lowest BCUT2D eigenvalue weighted by molar-refractivity contribution is 0.415. The molecule has 22 heavy (non-hydrogen) atoms. The van der Waals surface area contributed by atoms with Crippen molar-refractivity contribution in [3.05, 3.63) is 51.1 Å². The van der Waals surface area contributed by atoms with Crippen LogP contribution in [-0.2, 0) is 10.0 Å². The predicted molar refractivity (Wildman–Crippen MR) is 88.2 cm³/mol. The second-order valence-electron chi connectivity index (χ2n) is 4.42. The van der Waals surface area contributed by atoms with Crippen LogP contribution in [0.1, 0.15) is 10.4 Å². The van der Waals surface area contributed by atoms with Crippen LogP contribution in [0.2, 0.25) is 0 Å². The summed E-state index contributed by atoms with van der Waals surface area (Å²) in [6.45, 7) is 1.86. The molecule has 0 amide bonds. The zero-order valence-corrected chi connectivity index (χ0v) is 13.7. The van der Waals surface area contributed by atoms with Crippen LogP contribution < -0.4 is 9.46 Å². The molecule has 1 heterocycles. The summed E-state index contributed by atoms with van der Waals surface area (Å²) in [7, 11) is -2.40. The molecule has 0 radical (unpaired) electrons. The van der Waals surface area contributed by atoms with Gasteiger partial charge in [-0.05, 0) is 54.3 Å². The van der Waals surface area contributed by atoms with Gasteiger partial charge < -0.3 is 4.74 Å². The summed E-state index contributed by atoms with van der Waals surface area (Å²) in [6.07, 6.45) is 1.38. The van der Waals surface area contributed by atoms with E-state index in [2.05, 4.69) is 4.72 Å². The number of hydrogen-bond acceptors (Lipinski definition) is 5. The molecular weight excluding hydrogens is 320 g/mol. The van der Waals surface area contributed by atoms with Crippen molar-refractivity contribution in [1.29, 1.82) is 5.26 Å². The van der Waals surface area contributed by atoms with E-state index in [1.165, 1.54) is 24.5 Å². The Morgan fingerprint density at radius 2 is 2.00 bits per heavy atom. The van der Waals surface area contributed by atoms with E-state index in [1.807, 2.05) is 18.4 Å². The van der Waals surface area contributed by atoms with E-state index in [1.54, 1.807) is 30.3 Å². The van der Waals surface area contributed by atoms with Gasteiger partial charge in [-0.15, -0.1) is 11.3 Å². The summed E-state index contributed by atoms with van der Waals surface area (Å²) < 4.78 is 32.0. The molecule has 1 aromatic heterocycles. The van der Waals surface area contributed by atoms with Gasteiger partial charge >= 0.3 is 0 Å². The lowest BCUT2D eigenvalue weighted by Crippen LogP contribution is -2.14. The Kier molecular flexibility index (Phi) is 4.85. The number of nitrogens with one attached hydrogen (secondary N) is 1. The van der Waals surface area contributed by atoms with E-state index in [0.29, 0.717) is 11.4 Å². The highest BCUT2D eigenvalue weighted by Gasteiger charge is 2.18. The fourth-order valence-corrected chi connectivity index (χ4v) is 3.57. The summed E-state index contributed by atoms with van der Waals surface area (Å²) in [4.78, 5) is 0.422. The van der Waals surface area contributed by atoms with Gasteiger partial charge in [-0.25, -0.2) is 8.42 Å². The molecular formula is C15H14N2O3S2. The number of hydrogen-bond donors (Lipinski definition) is 1. The molecule has 1 N–H and O–H groups in total. The minimum absolute atomic E-state index is 0.325. The molecule has 0 saturated heterocycles. The van der Waals surface area contributed by atoms with Crippen LogP contribution >= 0.6 is 11.3 Å². The number of methoxy groups -OCH3 is 1. The van der Waals surface area contributed by atoms with Crippen molar-refractivity contribution in [2.45, 2.75) is 6.92 Å². The van der Waals surface area contributed by atoms with Gasteiger partial charge in [0.05, 0.1) is 7.11 Å². The van der Waals surface area contributed by atoms with E-state index < -0.39 is 10.0 Å². The number of nitrogens with zero attached hydrogens (tertiary/aromatic N) is 1. The largest absolute Gasteiger partial charge is 0.497 e. The SMILES string of the molecule is COc1ccc(NS(=O)(=O)/C(C#N)=C/c2sccc2C)cc1. The average molecular weight is 334 g/mol. The number of rotatable bonds is 5. The van der Waals surface area contributed by atoms with Crippen LogP contribution in [0.15, 0.2) is 40.6 Å². The Morgan fingerprint density at radius 1 is 1.32 bits per heavy atom. The molecule has 0 unspecified atom stereocenters. The van der Waals surface area contributed by atoms with Gasteiger partial charge in [0.25, 0.3) is 10.0 Å².